The van der Waals surface area contributed by atoms with E-state index in [1.54, 1.807) is 11.3 Å². The van der Waals surface area contributed by atoms with Crippen molar-refractivity contribution in [3.05, 3.63) is 45.1 Å². The SMILES string of the molecule is CC(NCc1ccc2c(c1)OCCO2)c1csc(Cl)c1. The van der Waals surface area contributed by atoms with Gasteiger partial charge in [-0.05, 0) is 41.6 Å². The van der Waals surface area contributed by atoms with Crippen LogP contribution < -0.4 is 14.8 Å². The van der Waals surface area contributed by atoms with Gasteiger partial charge in [-0.1, -0.05) is 17.7 Å². The maximum absolute atomic E-state index is 5.96. The van der Waals surface area contributed by atoms with Crippen LogP contribution in [0.3, 0.4) is 0 Å². The van der Waals surface area contributed by atoms with Crippen molar-refractivity contribution in [1.82, 2.24) is 5.32 Å². The maximum atomic E-state index is 5.96. The van der Waals surface area contributed by atoms with E-state index in [-0.39, 0.29) is 6.04 Å². The molecule has 3 rings (SSSR count). The Morgan fingerprint density at radius 2 is 2.05 bits per heavy atom. The quantitative estimate of drug-likeness (QED) is 0.925. The van der Waals surface area contributed by atoms with Gasteiger partial charge in [0.05, 0.1) is 4.34 Å². The second kappa shape index (κ2) is 6.04. The number of rotatable bonds is 4. The summed E-state index contributed by atoms with van der Waals surface area (Å²) in [5.41, 5.74) is 2.40. The zero-order valence-electron chi connectivity index (χ0n) is 11.2. The average molecular weight is 310 g/mol. The fourth-order valence-corrected chi connectivity index (χ4v) is 3.12. The van der Waals surface area contributed by atoms with Crippen LogP contribution in [-0.2, 0) is 6.54 Å². The molecule has 2 heterocycles. The number of halogens is 1. The van der Waals surface area contributed by atoms with Gasteiger partial charge in [-0.15, -0.1) is 11.3 Å². The number of nitrogens with one attached hydrogen (secondary N) is 1. The third kappa shape index (κ3) is 3.08. The second-order valence-electron chi connectivity index (χ2n) is 4.76. The van der Waals surface area contributed by atoms with E-state index in [9.17, 15) is 0 Å². The average Bonchev–Trinajstić information content (AvgIpc) is 2.91. The highest BCUT2D eigenvalue weighted by Crippen LogP contribution is 2.31. The van der Waals surface area contributed by atoms with E-state index >= 15 is 0 Å². The fraction of sp³-hybridized carbons (Fsp3) is 0.333. The summed E-state index contributed by atoms with van der Waals surface area (Å²) in [5, 5.41) is 5.57. The molecule has 0 fully saturated rings. The molecule has 0 saturated heterocycles. The predicted octanol–water partition coefficient (Wildman–Crippen LogP) is 4.02. The number of benzene rings is 1. The standard InChI is InChI=1S/C15H16ClNO2S/c1-10(12-7-15(16)20-9-12)17-8-11-2-3-13-14(6-11)19-5-4-18-13/h2-3,6-7,9-10,17H,4-5,8H2,1H3. The van der Waals surface area contributed by atoms with Gasteiger partial charge in [0, 0.05) is 12.6 Å². The van der Waals surface area contributed by atoms with Crippen molar-refractivity contribution in [1.29, 1.82) is 0 Å². The van der Waals surface area contributed by atoms with Crippen molar-refractivity contribution in [3.8, 4) is 11.5 Å². The molecule has 1 aromatic heterocycles. The van der Waals surface area contributed by atoms with Crippen molar-refractivity contribution in [2.24, 2.45) is 0 Å². The van der Waals surface area contributed by atoms with Crippen LogP contribution >= 0.6 is 22.9 Å². The van der Waals surface area contributed by atoms with E-state index in [2.05, 4.69) is 23.7 Å². The highest BCUT2D eigenvalue weighted by Gasteiger charge is 2.12. The summed E-state index contributed by atoms with van der Waals surface area (Å²) in [6.45, 7) is 4.16. The zero-order chi connectivity index (χ0) is 13.9. The van der Waals surface area contributed by atoms with Gasteiger partial charge in [-0.25, -0.2) is 0 Å². The van der Waals surface area contributed by atoms with E-state index in [1.807, 2.05) is 18.2 Å². The Bertz CT molecular complexity index is 599. The highest BCUT2D eigenvalue weighted by atomic mass is 35.5. The van der Waals surface area contributed by atoms with Crippen molar-refractivity contribution < 1.29 is 9.47 Å². The molecule has 1 unspecified atom stereocenters. The van der Waals surface area contributed by atoms with Gasteiger partial charge in [0.1, 0.15) is 13.2 Å². The molecule has 1 aliphatic heterocycles. The van der Waals surface area contributed by atoms with Crippen LogP contribution in [0.15, 0.2) is 29.6 Å². The third-order valence-corrected chi connectivity index (χ3v) is 4.42. The Hall–Kier alpha value is -1.23. The molecule has 1 atom stereocenters. The first-order valence-corrected chi connectivity index (χ1v) is 7.84. The molecule has 5 heteroatoms. The number of fused-ring (bicyclic) bond motifs is 1. The molecule has 106 valence electrons. The molecule has 0 amide bonds. The minimum Gasteiger partial charge on any atom is -0.486 e. The summed E-state index contributed by atoms with van der Waals surface area (Å²) in [5.74, 6) is 1.67. The Morgan fingerprint density at radius 1 is 1.25 bits per heavy atom. The van der Waals surface area contributed by atoms with Crippen LogP contribution in [0.4, 0.5) is 0 Å². The zero-order valence-corrected chi connectivity index (χ0v) is 12.8. The fourth-order valence-electron chi connectivity index (χ4n) is 2.14. The van der Waals surface area contributed by atoms with Gasteiger partial charge in [0.2, 0.25) is 0 Å². The van der Waals surface area contributed by atoms with E-state index in [4.69, 9.17) is 21.1 Å². The van der Waals surface area contributed by atoms with Crippen LogP contribution in [0.2, 0.25) is 4.34 Å². The first-order chi connectivity index (χ1) is 9.72. The molecular formula is C15H16ClNO2S. The van der Waals surface area contributed by atoms with E-state index in [0.717, 1.165) is 22.4 Å². The lowest BCUT2D eigenvalue weighted by molar-refractivity contribution is 0.171. The lowest BCUT2D eigenvalue weighted by Gasteiger charge is -2.19. The van der Waals surface area contributed by atoms with Crippen molar-refractivity contribution in [3.63, 3.8) is 0 Å². The van der Waals surface area contributed by atoms with Crippen molar-refractivity contribution in [2.75, 3.05) is 13.2 Å². The Balaban J connectivity index is 1.63. The molecule has 0 saturated carbocycles. The topological polar surface area (TPSA) is 30.5 Å². The molecule has 20 heavy (non-hydrogen) atoms. The molecule has 1 aliphatic rings. The number of hydrogen-bond donors (Lipinski definition) is 1. The lowest BCUT2D eigenvalue weighted by atomic mass is 10.1. The van der Waals surface area contributed by atoms with Gasteiger partial charge in [0.15, 0.2) is 11.5 Å². The molecule has 0 bridgehead atoms. The summed E-state index contributed by atoms with van der Waals surface area (Å²) >= 11 is 7.52. The molecule has 0 aliphatic carbocycles. The summed E-state index contributed by atoms with van der Waals surface area (Å²) in [6.07, 6.45) is 0. The van der Waals surface area contributed by atoms with Gasteiger partial charge in [0.25, 0.3) is 0 Å². The Kier molecular flexibility index (Phi) is 4.15. The first kappa shape index (κ1) is 13.7. The minimum absolute atomic E-state index is 0.270. The summed E-state index contributed by atoms with van der Waals surface area (Å²) in [6, 6.07) is 8.35. The van der Waals surface area contributed by atoms with Crippen LogP contribution in [0.1, 0.15) is 24.1 Å². The monoisotopic (exact) mass is 309 g/mol. The van der Waals surface area contributed by atoms with Crippen molar-refractivity contribution >= 4 is 22.9 Å². The largest absolute Gasteiger partial charge is 0.486 e. The summed E-state index contributed by atoms with van der Waals surface area (Å²) in [7, 11) is 0. The summed E-state index contributed by atoms with van der Waals surface area (Å²) in [4.78, 5) is 0. The van der Waals surface area contributed by atoms with Crippen LogP contribution in [0, 0.1) is 0 Å². The number of hydrogen-bond acceptors (Lipinski definition) is 4. The van der Waals surface area contributed by atoms with Gasteiger partial charge in [-0.3, -0.25) is 0 Å². The number of ether oxygens (including phenoxy) is 2. The smallest absolute Gasteiger partial charge is 0.161 e. The van der Waals surface area contributed by atoms with Crippen LogP contribution in [-0.4, -0.2) is 13.2 Å². The van der Waals surface area contributed by atoms with Gasteiger partial charge in [-0.2, -0.15) is 0 Å². The second-order valence-corrected chi connectivity index (χ2v) is 6.31. The van der Waals surface area contributed by atoms with Crippen LogP contribution in [0.25, 0.3) is 0 Å². The molecule has 0 radical (unpaired) electrons. The summed E-state index contributed by atoms with van der Waals surface area (Å²) < 4.78 is 11.9. The van der Waals surface area contributed by atoms with Crippen LogP contribution in [0.5, 0.6) is 11.5 Å². The molecule has 3 nitrogen and oxygen atoms in total. The minimum atomic E-state index is 0.270. The number of thiophene rings is 1. The maximum Gasteiger partial charge on any atom is 0.161 e. The van der Waals surface area contributed by atoms with Gasteiger partial charge < -0.3 is 14.8 Å². The predicted molar refractivity (Wildman–Crippen MR) is 82.0 cm³/mol. The van der Waals surface area contributed by atoms with Gasteiger partial charge >= 0.3 is 0 Å². The molecule has 1 N–H and O–H groups in total. The Labute approximate surface area is 127 Å². The normalized spacial score (nSPS) is 15.1. The molecular weight excluding hydrogens is 294 g/mol. The highest BCUT2D eigenvalue weighted by molar-refractivity contribution is 7.14. The molecule has 2 aromatic rings. The third-order valence-electron chi connectivity index (χ3n) is 3.31. The lowest BCUT2D eigenvalue weighted by Crippen LogP contribution is -2.18. The van der Waals surface area contributed by atoms with E-state index < -0.39 is 0 Å². The van der Waals surface area contributed by atoms with E-state index in [0.29, 0.717) is 13.2 Å². The Morgan fingerprint density at radius 3 is 2.80 bits per heavy atom. The van der Waals surface area contributed by atoms with Crippen molar-refractivity contribution in [2.45, 2.75) is 19.5 Å². The van der Waals surface area contributed by atoms with E-state index in [1.165, 1.54) is 11.1 Å². The first-order valence-electron chi connectivity index (χ1n) is 6.58. The molecule has 1 aromatic carbocycles. The molecule has 0 spiro atoms.